The van der Waals surface area contributed by atoms with E-state index < -0.39 is 5.97 Å². The van der Waals surface area contributed by atoms with Crippen molar-refractivity contribution in [1.29, 1.82) is 0 Å². The van der Waals surface area contributed by atoms with Gasteiger partial charge in [-0.1, -0.05) is 36.8 Å². The molecule has 0 aliphatic rings. The molecule has 0 fully saturated rings. The molecule has 3 N–H and O–H groups in total. The number of benzene rings is 1. The van der Waals surface area contributed by atoms with E-state index in [2.05, 4.69) is 25.3 Å². The lowest BCUT2D eigenvalue weighted by molar-refractivity contribution is -0.136. The third-order valence-corrected chi connectivity index (χ3v) is 6.34. The van der Waals surface area contributed by atoms with Crippen LogP contribution in [0.25, 0.3) is 27.3 Å². The number of hydrogen-bond acceptors (Lipinski definition) is 8. The number of H-pyrrole nitrogens is 1. The molecule has 4 heterocycles. The predicted molar refractivity (Wildman–Crippen MR) is 136 cm³/mol. The summed E-state index contributed by atoms with van der Waals surface area (Å²) in [6.07, 6.45) is 3.27. The van der Waals surface area contributed by atoms with E-state index in [1.807, 2.05) is 50.4 Å². The van der Waals surface area contributed by atoms with Crippen molar-refractivity contribution in [1.82, 2.24) is 29.3 Å². The Labute approximate surface area is 204 Å². The molecule has 0 aliphatic carbocycles. The van der Waals surface area contributed by atoms with Gasteiger partial charge in [0.15, 0.2) is 16.4 Å². The van der Waals surface area contributed by atoms with E-state index in [1.165, 1.54) is 17.7 Å². The minimum atomic E-state index is -0.745. The number of aryl methyl sites for hydroxylation is 2. The number of imidazole rings is 1. The lowest BCUT2D eigenvalue weighted by Gasteiger charge is -2.18. The average Bonchev–Trinajstić information content (AvgIpc) is 3.47. The summed E-state index contributed by atoms with van der Waals surface area (Å²) in [7, 11) is 0. The van der Waals surface area contributed by atoms with Gasteiger partial charge < -0.3 is 15.4 Å². The third-order valence-electron chi connectivity index (χ3n) is 5.40. The molecule has 1 unspecified atom stereocenters. The molecule has 4 aromatic heterocycles. The van der Waals surface area contributed by atoms with Gasteiger partial charge in [0.25, 0.3) is 5.56 Å². The minimum Gasteiger partial charge on any atom is -0.481 e. The fourth-order valence-corrected chi connectivity index (χ4v) is 4.42. The Hall–Kier alpha value is -4.12. The van der Waals surface area contributed by atoms with Gasteiger partial charge in [-0.3, -0.25) is 14.0 Å². The van der Waals surface area contributed by atoms with Gasteiger partial charge >= 0.3 is 5.97 Å². The van der Waals surface area contributed by atoms with Crippen LogP contribution in [0.5, 0.6) is 0 Å². The first-order chi connectivity index (χ1) is 16.8. The van der Waals surface area contributed by atoms with Crippen LogP contribution in [0.3, 0.4) is 0 Å². The standard InChI is InChI=1S/C21H19N7OS.C3H6O2/c1-11-4-6-14(7-5-11)15-16(27-21-28(20(15)29)12(2)8-30-21)13(3)26-19-17-18(23-9-22-17)24-10-25-19;1-2-3(4)5/h4-10,13H,1-3H3,(H2,22,23,24,25,26);2H2,1H3,(H,4,5). The summed E-state index contributed by atoms with van der Waals surface area (Å²) in [4.78, 5) is 44.1. The Morgan fingerprint density at radius 1 is 1.20 bits per heavy atom. The lowest BCUT2D eigenvalue weighted by atomic mass is 10.0. The number of aromatic amines is 1. The zero-order valence-corrected chi connectivity index (χ0v) is 20.6. The van der Waals surface area contributed by atoms with E-state index in [-0.39, 0.29) is 18.0 Å². The van der Waals surface area contributed by atoms with Gasteiger partial charge in [-0.25, -0.2) is 19.9 Å². The van der Waals surface area contributed by atoms with Crippen LogP contribution in [0.15, 0.2) is 47.1 Å². The van der Waals surface area contributed by atoms with Crippen molar-refractivity contribution in [2.75, 3.05) is 5.32 Å². The second-order valence-corrected chi connectivity index (χ2v) is 8.81. The van der Waals surface area contributed by atoms with Crippen molar-refractivity contribution in [2.45, 2.75) is 40.2 Å². The molecule has 11 heteroatoms. The SMILES string of the molecule is CCC(=O)O.Cc1ccc(-c2c(C(C)Nc3ncnc4nc[nH]c34)nc3scc(C)n3c2=O)cc1. The number of aliphatic carboxylic acids is 1. The third kappa shape index (κ3) is 4.90. The van der Waals surface area contributed by atoms with Crippen molar-refractivity contribution in [3.05, 3.63) is 69.6 Å². The average molecular weight is 492 g/mol. The zero-order valence-electron chi connectivity index (χ0n) is 19.7. The van der Waals surface area contributed by atoms with Gasteiger partial charge in [-0.2, -0.15) is 0 Å². The van der Waals surface area contributed by atoms with Crippen LogP contribution < -0.4 is 10.9 Å². The molecule has 0 amide bonds. The summed E-state index contributed by atoms with van der Waals surface area (Å²) in [5.74, 6) is -0.130. The van der Waals surface area contributed by atoms with E-state index in [4.69, 9.17) is 10.1 Å². The number of anilines is 1. The molecule has 0 saturated carbocycles. The number of hydrogen-bond donors (Lipinski definition) is 3. The van der Waals surface area contributed by atoms with Gasteiger partial charge in [0.2, 0.25) is 0 Å². The normalized spacial score (nSPS) is 11.8. The molecule has 5 aromatic rings. The molecule has 35 heavy (non-hydrogen) atoms. The molecule has 5 rings (SSSR count). The second kappa shape index (κ2) is 10.0. The highest BCUT2D eigenvalue weighted by molar-refractivity contribution is 7.15. The van der Waals surface area contributed by atoms with Crippen LogP contribution >= 0.6 is 11.3 Å². The lowest BCUT2D eigenvalue weighted by Crippen LogP contribution is -2.23. The van der Waals surface area contributed by atoms with Crippen LogP contribution in [0, 0.1) is 13.8 Å². The van der Waals surface area contributed by atoms with Gasteiger partial charge in [-0.05, 0) is 26.3 Å². The number of nitrogens with zero attached hydrogens (tertiary/aromatic N) is 5. The number of nitrogens with one attached hydrogen (secondary N) is 2. The molecule has 0 spiro atoms. The number of carboxylic acid groups (broad SMARTS) is 1. The molecule has 180 valence electrons. The van der Waals surface area contributed by atoms with E-state index in [9.17, 15) is 9.59 Å². The van der Waals surface area contributed by atoms with Gasteiger partial charge in [0, 0.05) is 17.5 Å². The summed E-state index contributed by atoms with van der Waals surface area (Å²) in [6.45, 7) is 7.52. The van der Waals surface area contributed by atoms with Gasteiger partial charge in [0.1, 0.15) is 11.8 Å². The Bertz CT molecular complexity index is 1550. The monoisotopic (exact) mass is 491 g/mol. The number of rotatable bonds is 5. The first-order valence-electron chi connectivity index (χ1n) is 11.0. The Morgan fingerprint density at radius 2 is 1.91 bits per heavy atom. The fourth-order valence-electron chi connectivity index (χ4n) is 3.55. The highest BCUT2D eigenvalue weighted by atomic mass is 32.1. The van der Waals surface area contributed by atoms with Crippen LogP contribution in [-0.2, 0) is 4.79 Å². The Kier molecular flexibility index (Phi) is 6.87. The number of carbonyl (C=O) groups is 1. The molecular formula is C24H25N7O3S. The van der Waals surface area contributed by atoms with Gasteiger partial charge in [-0.15, -0.1) is 11.3 Å². The highest BCUT2D eigenvalue weighted by Crippen LogP contribution is 2.29. The molecule has 10 nitrogen and oxygen atoms in total. The Morgan fingerprint density at radius 3 is 2.60 bits per heavy atom. The molecule has 0 bridgehead atoms. The maximum absolute atomic E-state index is 13.5. The second-order valence-electron chi connectivity index (χ2n) is 7.98. The first-order valence-corrected chi connectivity index (χ1v) is 11.9. The van der Waals surface area contributed by atoms with Crippen LogP contribution in [0.2, 0.25) is 0 Å². The van der Waals surface area contributed by atoms with Crippen molar-refractivity contribution in [3.63, 3.8) is 0 Å². The predicted octanol–water partition coefficient (Wildman–Crippen LogP) is 4.36. The maximum Gasteiger partial charge on any atom is 0.303 e. The molecule has 0 radical (unpaired) electrons. The van der Waals surface area contributed by atoms with Crippen molar-refractivity contribution in [3.8, 4) is 11.1 Å². The summed E-state index contributed by atoms with van der Waals surface area (Å²) < 4.78 is 1.67. The molecule has 1 aromatic carbocycles. The highest BCUT2D eigenvalue weighted by Gasteiger charge is 2.22. The largest absolute Gasteiger partial charge is 0.481 e. The zero-order chi connectivity index (χ0) is 25.1. The molecular weight excluding hydrogens is 466 g/mol. The van der Waals surface area contributed by atoms with Crippen LogP contribution in [0.1, 0.15) is 43.3 Å². The minimum absolute atomic E-state index is 0.0689. The van der Waals surface area contributed by atoms with E-state index in [0.717, 1.165) is 16.8 Å². The van der Waals surface area contributed by atoms with E-state index in [0.29, 0.717) is 33.2 Å². The summed E-state index contributed by atoms with van der Waals surface area (Å²) >= 11 is 1.46. The van der Waals surface area contributed by atoms with Crippen LogP contribution in [0.4, 0.5) is 5.82 Å². The molecule has 0 saturated heterocycles. The van der Waals surface area contributed by atoms with E-state index >= 15 is 0 Å². The van der Waals surface area contributed by atoms with Crippen molar-refractivity contribution in [2.24, 2.45) is 0 Å². The summed E-state index contributed by atoms with van der Waals surface area (Å²) in [6, 6.07) is 7.67. The van der Waals surface area contributed by atoms with Crippen LogP contribution in [-0.4, -0.2) is 40.4 Å². The Balaban J connectivity index is 0.000000527. The first kappa shape index (κ1) is 24.0. The summed E-state index contributed by atoms with van der Waals surface area (Å²) in [5.41, 5.74) is 5.34. The quantitative estimate of drug-likeness (QED) is 0.330. The van der Waals surface area contributed by atoms with Crippen molar-refractivity contribution < 1.29 is 9.90 Å². The number of fused-ring (bicyclic) bond motifs is 2. The smallest absolute Gasteiger partial charge is 0.303 e. The number of thiazole rings is 1. The van der Waals surface area contributed by atoms with E-state index in [1.54, 1.807) is 17.7 Å². The number of carboxylic acids is 1. The van der Waals surface area contributed by atoms with Crippen molar-refractivity contribution >= 4 is 39.2 Å². The molecule has 1 atom stereocenters. The number of aromatic nitrogens is 6. The maximum atomic E-state index is 13.5. The topological polar surface area (TPSA) is 138 Å². The fraction of sp³-hybridized carbons (Fsp3) is 0.250. The summed E-state index contributed by atoms with van der Waals surface area (Å²) in [5, 5.41) is 13.0. The molecule has 0 aliphatic heterocycles. The van der Waals surface area contributed by atoms with Gasteiger partial charge in [0.05, 0.1) is 23.6 Å².